The van der Waals surface area contributed by atoms with E-state index in [1.54, 1.807) is 0 Å². The van der Waals surface area contributed by atoms with E-state index in [9.17, 15) is 0 Å². The van der Waals surface area contributed by atoms with E-state index in [-0.39, 0.29) is 5.72 Å². The molecule has 0 spiro atoms. The zero-order valence-electron chi connectivity index (χ0n) is 7.65. The van der Waals surface area contributed by atoms with Crippen LogP contribution in [-0.4, -0.2) is 29.6 Å². The Morgan fingerprint density at radius 3 is 2.91 bits per heavy atom. The first kappa shape index (κ1) is 9.23. The van der Waals surface area contributed by atoms with Crippen LogP contribution in [0.15, 0.2) is 0 Å². The Bertz CT molecular complexity index is 113. The lowest BCUT2D eigenvalue weighted by Gasteiger charge is -2.27. The molecular weight excluding hydrogens is 154 g/mol. The molecule has 1 aliphatic heterocycles. The molecule has 11 heavy (non-hydrogen) atoms. The van der Waals surface area contributed by atoms with Gasteiger partial charge in [-0.25, -0.2) is 0 Å². The molecule has 2 nitrogen and oxygen atoms in total. The van der Waals surface area contributed by atoms with Gasteiger partial charge in [0.1, 0.15) is 5.72 Å². The molecule has 66 valence electrons. The highest BCUT2D eigenvalue weighted by Gasteiger charge is 2.31. The predicted molar refractivity (Wildman–Crippen MR) is 51.0 cm³/mol. The van der Waals surface area contributed by atoms with E-state index < -0.39 is 0 Å². The Labute approximate surface area is 72.1 Å². The standard InChI is InChI=1S/C8H19NOSi/c1-10-8(5-3-7-11)4-2-6-9-8/h9H,2-7H2,1,11H3. The molecule has 3 heteroatoms. The molecule has 0 bridgehead atoms. The molecule has 1 atom stereocenters. The smallest absolute Gasteiger partial charge is 0.118 e. The Balaban J connectivity index is 2.33. The van der Waals surface area contributed by atoms with Crippen LogP contribution in [0.1, 0.15) is 25.7 Å². The molecule has 1 aliphatic rings. The van der Waals surface area contributed by atoms with Gasteiger partial charge in [0.2, 0.25) is 0 Å². The number of hydrogen-bond acceptors (Lipinski definition) is 2. The van der Waals surface area contributed by atoms with Gasteiger partial charge in [0.25, 0.3) is 0 Å². The van der Waals surface area contributed by atoms with Crippen molar-refractivity contribution in [1.29, 1.82) is 0 Å². The summed E-state index contributed by atoms with van der Waals surface area (Å²) in [5.41, 5.74) is 0.0599. The van der Waals surface area contributed by atoms with Crippen LogP contribution in [0.5, 0.6) is 0 Å². The van der Waals surface area contributed by atoms with E-state index in [2.05, 4.69) is 5.32 Å². The molecule has 0 aliphatic carbocycles. The van der Waals surface area contributed by atoms with E-state index in [0.29, 0.717) is 0 Å². The van der Waals surface area contributed by atoms with Crippen molar-refractivity contribution in [2.24, 2.45) is 0 Å². The second-order valence-electron chi connectivity index (χ2n) is 3.33. The molecule has 0 amide bonds. The molecule has 1 N–H and O–H groups in total. The van der Waals surface area contributed by atoms with Gasteiger partial charge in [-0.2, -0.15) is 0 Å². The average molecular weight is 173 g/mol. The Kier molecular flexibility index (Phi) is 3.55. The molecule has 1 fully saturated rings. The lowest BCUT2D eigenvalue weighted by atomic mass is 10.1. The molecule has 1 heterocycles. The second kappa shape index (κ2) is 4.23. The summed E-state index contributed by atoms with van der Waals surface area (Å²) in [5.74, 6) is 0. The summed E-state index contributed by atoms with van der Waals surface area (Å²) >= 11 is 0. The number of hydrogen-bond donors (Lipinski definition) is 1. The fraction of sp³-hybridized carbons (Fsp3) is 1.00. The Hall–Kier alpha value is 0.137. The minimum atomic E-state index is 0.0599. The quantitative estimate of drug-likeness (QED) is 0.617. The highest BCUT2D eigenvalue weighted by atomic mass is 28.1. The highest BCUT2D eigenvalue weighted by Crippen LogP contribution is 2.25. The Morgan fingerprint density at radius 2 is 2.45 bits per heavy atom. The zero-order valence-corrected chi connectivity index (χ0v) is 9.65. The van der Waals surface area contributed by atoms with E-state index in [1.165, 1.54) is 42.0 Å². The summed E-state index contributed by atoms with van der Waals surface area (Å²) in [6.07, 6.45) is 5.00. The summed E-state index contributed by atoms with van der Waals surface area (Å²) in [4.78, 5) is 0. The van der Waals surface area contributed by atoms with Gasteiger partial charge in [-0.1, -0.05) is 12.5 Å². The maximum Gasteiger partial charge on any atom is 0.118 e. The third kappa shape index (κ3) is 2.29. The van der Waals surface area contributed by atoms with Crippen molar-refractivity contribution in [3.63, 3.8) is 0 Å². The van der Waals surface area contributed by atoms with Crippen LogP contribution in [0.4, 0.5) is 0 Å². The van der Waals surface area contributed by atoms with Gasteiger partial charge in [0, 0.05) is 17.4 Å². The summed E-state index contributed by atoms with van der Waals surface area (Å²) in [7, 11) is 3.15. The second-order valence-corrected chi connectivity index (χ2v) is 4.33. The van der Waals surface area contributed by atoms with Gasteiger partial charge in [-0.3, -0.25) is 5.32 Å². The molecule has 0 saturated carbocycles. The fourth-order valence-electron chi connectivity index (χ4n) is 1.73. The van der Waals surface area contributed by atoms with Crippen LogP contribution < -0.4 is 5.32 Å². The van der Waals surface area contributed by atoms with Gasteiger partial charge in [0.05, 0.1) is 0 Å². The van der Waals surface area contributed by atoms with E-state index >= 15 is 0 Å². The topological polar surface area (TPSA) is 21.3 Å². The van der Waals surface area contributed by atoms with E-state index in [0.717, 1.165) is 6.54 Å². The number of methoxy groups -OCH3 is 1. The molecule has 0 aromatic heterocycles. The van der Waals surface area contributed by atoms with Crippen molar-refractivity contribution in [3.8, 4) is 0 Å². The van der Waals surface area contributed by atoms with Gasteiger partial charge in [-0.05, 0) is 25.8 Å². The van der Waals surface area contributed by atoms with Crippen LogP contribution in [0, 0.1) is 0 Å². The largest absolute Gasteiger partial charge is 0.364 e. The monoisotopic (exact) mass is 173 g/mol. The number of ether oxygens (including phenoxy) is 1. The first-order valence-electron chi connectivity index (χ1n) is 4.63. The van der Waals surface area contributed by atoms with Crippen molar-refractivity contribution >= 4 is 10.2 Å². The van der Waals surface area contributed by atoms with Crippen molar-refractivity contribution < 1.29 is 4.74 Å². The van der Waals surface area contributed by atoms with Crippen LogP contribution in [0.25, 0.3) is 0 Å². The first-order valence-corrected chi connectivity index (χ1v) is 6.04. The molecule has 1 rings (SSSR count). The van der Waals surface area contributed by atoms with Crippen molar-refractivity contribution in [2.75, 3.05) is 13.7 Å². The van der Waals surface area contributed by atoms with E-state index in [4.69, 9.17) is 4.74 Å². The summed E-state index contributed by atoms with van der Waals surface area (Å²) in [6.45, 7) is 1.13. The average Bonchev–Trinajstić information content (AvgIpc) is 2.50. The molecule has 1 unspecified atom stereocenters. The third-order valence-electron chi connectivity index (χ3n) is 2.53. The van der Waals surface area contributed by atoms with Gasteiger partial charge in [0.15, 0.2) is 0 Å². The third-order valence-corrected chi connectivity index (χ3v) is 3.24. The van der Waals surface area contributed by atoms with Crippen LogP contribution in [0.2, 0.25) is 6.04 Å². The maximum absolute atomic E-state index is 5.51. The molecule has 0 aromatic rings. The van der Waals surface area contributed by atoms with Crippen molar-refractivity contribution in [1.82, 2.24) is 5.32 Å². The maximum atomic E-state index is 5.51. The zero-order chi connectivity index (χ0) is 8.16. The first-order chi connectivity index (χ1) is 5.33. The van der Waals surface area contributed by atoms with Gasteiger partial charge in [-0.15, -0.1) is 0 Å². The normalized spacial score (nSPS) is 31.4. The van der Waals surface area contributed by atoms with Crippen molar-refractivity contribution in [2.45, 2.75) is 37.5 Å². The number of nitrogens with one attached hydrogen (secondary N) is 1. The SMILES string of the molecule is COC1(CCC[SiH3])CCCN1. The molecule has 0 aromatic carbocycles. The van der Waals surface area contributed by atoms with Gasteiger partial charge >= 0.3 is 0 Å². The van der Waals surface area contributed by atoms with Crippen LogP contribution in [-0.2, 0) is 4.74 Å². The lowest BCUT2D eigenvalue weighted by Crippen LogP contribution is -2.41. The summed E-state index contributed by atoms with van der Waals surface area (Å²) in [5, 5.41) is 3.45. The highest BCUT2D eigenvalue weighted by molar-refractivity contribution is 6.08. The van der Waals surface area contributed by atoms with E-state index in [1.807, 2.05) is 7.11 Å². The van der Waals surface area contributed by atoms with Crippen LogP contribution >= 0.6 is 0 Å². The molecular formula is C8H19NOSi. The Morgan fingerprint density at radius 1 is 1.64 bits per heavy atom. The predicted octanol–water partition coefficient (Wildman–Crippen LogP) is 0.276. The minimum Gasteiger partial charge on any atom is -0.364 e. The molecule has 0 radical (unpaired) electrons. The van der Waals surface area contributed by atoms with Crippen molar-refractivity contribution in [3.05, 3.63) is 0 Å². The fourth-order valence-corrected chi connectivity index (χ4v) is 2.08. The molecule has 1 saturated heterocycles. The minimum absolute atomic E-state index is 0.0599. The lowest BCUT2D eigenvalue weighted by molar-refractivity contribution is -0.0307. The summed E-state index contributed by atoms with van der Waals surface area (Å²) < 4.78 is 5.51. The van der Waals surface area contributed by atoms with Crippen LogP contribution in [0.3, 0.4) is 0 Å². The summed E-state index contributed by atoms with van der Waals surface area (Å²) in [6, 6.07) is 1.40. The number of rotatable bonds is 4. The van der Waals surface area contributed by atoms with Gasteiger partial charge < -0.3 is 4.74 Å².